The van der Waals surface area contributed by atoms with Gasteiger partial charge in [-0.25, -0.2) is 9.78 Å². The van der Waals surface area contributed by atoms with Crippen LogP contribution in [-0.2, 0) is 7.05 Å². The van der Waals surface area contributed by atoms with Gasteiger partial charge in [0.1, 0.15) is 0 Å². The zero-order valence-corrected chi connectivity index (χ0v) is 18.4. The summed E-state index contributed by atoms with van der Waals surface area (Å²) in [7, 11) is 1.69. The predicted molar refractivity (Wildman–Crippen MR) is 125 cm³/mol. The van der Waals surface area contributed by atoms with Gasteiger partial charge in [-0.2, -0.15) is 0 Å². The molecule has 1 aliphatic rings. The molecule has 1 aromatic heterocycles. The van der Waals surface area contributed by atoms with Crippen molar-refractivity contribution in [3.63, 3.8) is 0 Å². The molecule has 7 nitrogen and oxygen atoms in total. The van der Waals surface area contributed by atoms with Crippen LogP contribution in [0.25, 0.3) is 10.9 Å². The third-order valence-corrected chi connectivity index (χ3v) is 5.80. The fourth-order valence-corrected chi connectivity index (χ4v) is 4.05. The van der Waals surface area contributed by atoms with E-state index in [1.165, 1.54) is 4.57 Å². The molecule has 3 N–H and O–H groups in total. The van der Waals surface area contributed by atoms with E-state index in [4.69, 9.17) is 4.98 Å². The SMILES string of the molecule is Cc1cc([C@@H](C)Nc2ccccc2C(=O)O)c2nc(C#CC3CCNC3)n(C)c(=O)c2c1. The van der Waals surface area contributed by atoms with Gasteiger partial charge in [0, 0.05) is 30.8 Å². The molecule has 0 radical (unpaired) electrons. The van der Waals surface area contributed by atoms with Crippen LogP contribution < -0.4 is 16.2 Å². The average molecular weight is 431 g/mol. The number of para-hydroxylation sites is 1. The molecule has 0 bridgehead atoms. The highest BCUT2D eigenvalue weighted by Crippen LogP contribution is 2.27. The van der Waals surface area contributed by atoms with Crippen LogP contribution in [0.15, 0.2) is 41.2 Å². The number of benzene rings is 2. The smallest absolute Gasteiger partial charge is 0.337 e. The van der Waals surface area contributed by atoms with Crippen molar-refractivity contribution >= 4 is 22.6 Å². The zero-order valence-electron chi connectivity index (χ0n) is 18.4. The Balaban J connectivity index is 1.80. The van der Waals surface area contributed by atoms with E-state index < -0.39 is 5.97 Å². The summed E-state index contributed by atoms with van der Waals surface area (Å²) in [6, 6.07) is 10.3. The summed E-state index contributed by atoms with van der Waals surface area (Å²) in [5.41, 5.74) is 2.90. The maximum Gasteiger partial charge on any atom is 0.337 e. The summed E-state index contributed by atoms with van der Waals surface area (Å²) in [4.78, 5) is 29.5. The van der Waals surface area contributed by atoms with E-state index in [1.54, 1.807) is 31.3 Å². The van der Waals surface area contributed by atoms with Crippen LogP contribution in [0.1, 0.15) is 46.7 Å². The molecule has 1 saturated heterocycles. The monoisotopic (exact) mass is 430 g/mol. The van der Waals surface area contributed by atoms with Gasteiger partial charge in [-0.05, 0) is 56.5 Å². The number of aryl methyl sites for hydroxylation is 1. The summed E-state index contributed by atoms with van der Waals surface area (Å²) in [5.74, 6) is 6.03. The lowest BCUT2D eigenvalue weighted by atomic mass is 10.0. The minimum absolute atomic E-state index is 0.146. The average Bonchev–Trinajstić information content (AvgIpc) is 3.29. The highest BCUT2D eigenvalue weighted by Gasteiger charge is 2.18. The number of nitrogens with one attached hydrogen (secondary N) is 2. The molecule has 0 amide bonds. The first-order chi connectivity index (χ1) is 15.3. The second-order valence-corrected chi connectivity index (χ2v) is 8.23. The van der Waals surface area contributed by atoms with Crippen molar-refractivity contribution in [3.8, 4) is 11.8 Å². The second-order valence-electron chi connectivity index (χ2n) is 8.23. The maximum absolute atomic E-state index is 13.1. The predicted octanol–water partition coefficient (Wildman–Crippen LogP) is 3.07. The Bertz CT molecular complexity index is 1310. The van der Waals surface area contributed by atoms with Crippen molar-refractivity contribution in [3.05, 3.63) is 69.3 Å². The minimum atomic E-state index is -1.000. The van der Waals surface area contributed by atoms with Gasteiger partial charge in [-0.3, -0.25) is 9.36 Å². The highest BCUT2D eigenvalue weighted by atomic mass is 16.4. The molecule has 2 atom stereocenters. The van der Waals surface area contributed by atoms with Gasteiger partial charge in [0.05, 0.1) is 22.5 Å². The Morgan fingerprint density at radius 1 is 1.34 bits per heavy atom. The van der Waals surface area contributed by atoms with Gasteiger partial charge < -0.3 is 15.7 Å². The number of aromatic carboxylic acids is 1. The quantitative estimate of drug-likeness (QED) is 0.551. The minimum Gasteiger partial charge on any atom is -0.478 e. The van der Waals surface area contributed by atoms with Crippen LogP contribution in [-0.4, -0.2) is 33.7 Å². The molecule has 2 heterocycles. The molecule has 1 unspecified atom stereocenters. The Labute approximate surface area is 186 Å². The molecule has 164 valence electrons. The van der Waals surface area contributed by atoms with Crippen molar-refractivity contribution in [2.75, 3.05) is 18.4 Å². The van der Waals surface area contributed by atoms with E-state index in [0.29, 0.717) is 22.4 Å². The number of fused-ring (bicyclic) bond motifs is 1. The summed E-state index contributed by atoms with van der Waals surface area (Å²) in [6.07, 6.45) is 0.989. The third-order valence-electron chi connectivity index (χ3n) is 5.80. The number of carboxylic acids is 1. The molecule has 1 aliphatic heterocycles. The number of carbonyl (C=O) groups is 1. The standard InChI is InChI=1S/C25H26N4O3/c1-15-12-19(16(2)27-21-7-5-4-6-18(21)25(31)32)23-20(13-15)24(30)29(3)22(28-23)9-8-17-10-11-26-14-17/h4-7,12-13,16-17,26-27H,10-11,14H2,1-3H3,(H,31,32)/t16-,17?/m1/s1. The molecular weight excluding hydrogens is 404 g/mol. The Kier molecular flexibility index (Phi) is 5.97. The van der Waals surface area contributed by atoms with Crippen LogP contribution in [0.2, 0.25) is 0 Å². The van der Waals surface area contributed by atoms with E-state index in [1.807, 2.05) is 26.0 Å². The Hall–Kier alpha value is -3.63. The van der Waals surface area contributed by atoms with Crippen LogP contribution in [0.5, 0.6) is 0 Å². The van der Waals surface area contributed by atoms with Crippen LogP contribution in [0, 0.1) is 24.7 Å². The van der Waals surface area contributed by atoms with E-state index in [9.17, 15) is 14.7 Å². The Morgan fingerprint density at radius 3 is 2.84 bits per heavy atom. The number of rotatable bonds is 4. The second kappa shape index (κ2) is 8.85. The van der Waals surface area contributed by atoms with Crippen molar-refractivity contribution in [1.29, 1.82) is 0 Å². The van der Waals surface area contributed by atoms with Crippen LogP contribution >= 0.6 is 0 Å². The summed E-state index contributed by atoms with van der Waals surface area (Å²) >= 11 is 0. The summed E-state index contributed by atoms with van der Waals surface area (Å²) < 4.78 is 1.50. The van der Waals surface area contributed by atoms with Crippen LogP contribution in [0.4, 0.5) is 5.69 Å². The number of nitrogens with zero attached hydrogens (tertiary/aromatic N) is 2. The molecule has 1 fully saturated rings. The number of aromatic nitrogens is 2. The lowest BCUT2D eigenvalue weighted by Crippen LogP contribution is -2.22. The van der Waals surface area contributed by atoms with Crippen LogP contribution in [0.3, 0.4) is 0 Å². The van der Waals surface area contributed by atoms with Crippen molar-refractivity contribution < 1.29 is 9.90 Å². The van der Waals surface area contributed by atoms with Crippen molar-refractivity contribution in [2.24, 2.45) is 13.0 Å². The summed E-state index contributed by atoms with van der Waals surface area (Å²) in [6.45, 7) is 5.67. The first-order valence-corrected chi connectivity index (χ1v) is 10.7. The molecule has 7 heteroatoms. The lowest BCUT2D eigenvalue weighted by Gasteiger charge is -2.19. The molecule has 0 spiro atoms. The number of hydrogen-bond acceptors (Lipinski definition) is 5. The largest absolute Gasteiger partial charge is 0.478 e. The van der Waals surface area contributed by atoms with Gasteiger partial charge >= 0.3 is 5.97 Å². The fraction of sp³-hybridized carbons (Fsp3) is 0.320. The zero-order chi connectivity index (χ0) is 22.8. The maximum atomic E-state index is 13.1. The van der Waals surface area contributed by atoms with E-state index in [-0.39, 0.29) is 23.1 Å². The molecule has 2 aromatic carbocycles. The van der Waals surface area contributed by atoms with Gasteiger partial charge in [-0.1, -0.05) is 24.1 Å². The first-order valence-electron chi connectivity index (χ1n) is 10.7. The molecule has 3 aromatic rings. The lowest BCUT2D eigenvalue weighted by molar-refractivity contribution is 0.0698. The van der Waals surface area contributed by atoms with Crippen molar-refractivity contribution in [2.45, 2.75) is 26.3 Å². The molecule has 32 heavy (non-hydrogen) atoms. The first kappa shape index (κ1) is 21.6. The topological polar surface area (TPSA) is 96.2 Å². The number of anilines is 1. The van der Waals surface area contributed by atoms with Crippen molar-refractivity contribution in [1.82, 2.24) is 14.9 Å². The van der Waals surface area contributed by atoms with E-state index in [2.05, 4.69) is 22.5 Å². The van der Waals surface area contributed by atoms with E-state index in [0.717, 1.165) is 30.6 Å². The van der Waals surface area contributed by atoms with Gasteiger partial charge in [0.25, 0.3) is 5.56 Å². The molecular formula is C25H26N4O3. The molecule has 4 rings (SSSR count). The number of hydrogen-bond donors (Lipinski definition) is 3. The van der Waals surface area contributed by atoms with Gasteiger partial charge in [-0.15, -0.1) is 0 Å². The molecule has 0 saturated carbocycles. The van der Waals surface area contributed by atoms with Gasteiger partial charge in [0.15, 0.2) is 5.82 Å². The third kappa shape index (κ3) is 4.23. The highest BCUT2D eigenvalue weighted by molar-refractivity contribution is 5.94. The normalized spacial score (nSPS) is 16.4. The summed E-state index contributed by atoms with van der Waals surface area (Å²) in [5, 5.41) is 16.6. The van der Waals surface area contributed by atoms with Gasteiger partial charge in [0.2, 0.25) is 0 Å². The Morgan fingerprint density at radius 2 is 2.12 bits per heavy atom. The molecule has 0 aliphatic carbocycles. The number of carboxylic acid groups (broad SMARTS) is 1. The van der Waals surface area contributed by atoms with E-state index >= 15 is 0 Å². The fourth-order valence-electron chi connectivity index (χ4n) is 4.05.